The number of rotatable bonds is 12. The van der Waals surface area contributed by atoms with E-state index in [1.807, 2.05) is 12.1 Å². The highest BCUT2D eigenvalue weighted by molar-refractivity contribution is 7.53. The van der Waals surface area contributed by atoms with Gasteiger partial charge in [-0.1, -0.05) is 40.7 Å². The minimum atomic E-state index is -3.19. The Morgan fingerprint density at radius 2 is 1.61 bits per heavy atom. The van der Waals surface area contributed by atoms with E-state index in [4.69, 9.17) is 9.05 Å². The summed E-state index contributed by atoms with van der Waals surface area (Å²) >= 11 is 0. The number of hydrogen-bond donors (Lipinski definition) is 1. The smallest absolute Gasteiger partial charge is 0.330 e. The van der Waals surface area contributed by atoms with Crippen LogP contribution in [0.5, 0.6) is 5.75 Å². The van der Waals surface area contributed by atoms with E-state index >= 15 is 0 Å². The molecule has 158 valence electrons. The van der Waals surface area contributed by atoms with E-state index in [1.54, 1.807) is 19.9 Å². The lowest BCUT2D eigenvalue weighted by molar-refractivity contribution is -0.116. The molecular formula is C22H35O5P. The minimum Gasteiger partial charge on any atom is -0.507 e. The molecule has 0 spiro atoms. The number of phenolic OH excluding ortho intramolecular Hbond substituents is 1. The van der Waals surface area contributed by atoms with Gasteiger partial charge in [0.25, 0.3) is 0 Å². The van der Waals surface area contributed by atoms with Crippen LogP contribution < -0.4 is 0 Å². The summed E-state index contributed by atoms with van der Waals surface area (Å²) in [6.45, 7) is 11.8. The van der Waals surface area contributed by atoms with Crippen LogP contribution in [0.1, 0.15) is 82.9 Å². The molecule has 1 rings (SSSR count). The molecule has 1 aromatic rings. The summed E-state index contributed by atoms with van der Waals surface area (Å²) in [6.07, 6.45) is 5.21. The molecule has 6 heteroatoms. The molecule has 0 saturated heterocycles. The fraction of sp³-hybridized carbons (Fsp3) is 0.591. The molecular weight excluding hydrogens is 375 g/mol. The molecule has 3 unspecified atom stereocenters. The second kappa shape index (κ2) is 11.5. The summed E-state index contributed by atoms with van der Waals surface area (Å²) in [4.78, 5) is 12.2. The van der Waals surface area contributed by atoms with Crippen LogP contribution in [0.2, 0.25) is 0 Å². The Morgan fingerprint density at radius 3 is 2.04 bits per heavy atom. The molecule has 5 nitrogen and oxygen atoms in total. The van der Waals surface area contributed by atoms with Crippen molar-refractivity contribution in [3.8, 4) is 5.75 Å². The number of benzene rings is 1. The Balaban J connectivity index is 3.03. The summed E-state index contributed by atoms with van der Waals surface area (Å²) in [7, 11) is -3.19. The van der Waals surface area contributed by atoms with Crippen molar-refractivity contribution in [2.24, 2.45) is 0 Å². The first-order valence-electron chi connectivity index (χ1n) is 10.2. The second-order valence-corrected chi connectivity index (χ2v) is 9.46. The van der Waals surface area contributed by atoms with Gasteiger partial charge in [0.1, 0.15) is 12.4 Å². The van der Waals surface area contributed by atoms with E-state index in [1.165, 1.54) is 6.08 Å². The molecule has 0 amide bonds. The van der Waals surface area contributed by atoms with E-state index in [-0.39, 0.29) is 37.0 Å². The maximum atomic E-state index is 12.3. The summed E-state index contributed by atoms with van der Waals surface area (Å²) < 4.78 is 22.6. The van der Waals surface area contributed by atoms with Gasteiger partial charge in [-0.05, 0) is 66.5 Å². The van der Waals surface area contributed by atoms with E-state index in [0.717, 1.165) is 29.5 Å². The van der Waals surface area contributed by atoms with Crippen molar-refractivity contribution in [2.45, 2.75) is 66.2 Å². The molecule has 0 aliphatic carbocycles. The van der Waals surface area contributed by atoms with Crippen LogP contribution in [0.15, 0.2) is 18.2 Å². The molecule has 1 N–H and O–H groups in total. The molecule has 0 fully saturated rings. The van der Waals surface area contributed by atoms with Gasteiger partial charge < -0.3 is 14.2 Å². The van der Waals surface area contributed by atoms with Crippen LogP contribution in [0.25, 0.3) is 6.08 Å². The Morgan fingerprint density at radius 1 is 1.07 bits per heavy atom. The lowest BCUT2D eigenvalue weighted by Crippen LogP contribution is -2.07. The third kappa shape index (κ3) is 6.88. The van der Waals surface area contributed by atoms with Gasteiger partial charge in [-0.25, -0.2) is 0 Å². The number of aromatic hydroxyl groups is 1. The number of ketones is 1. The van der Waals surface area contributed by atoms with E-state index in [2.05, 4.69) is 27.7 Å². The molecule has 1 aromatic carbocycles. The van der Waals surface area contributed by atoms with E-state index in [9.17, 15) is 14.5 Å². The number of carbonyl (C=O) groups is 1. The van der Waals surface area contributed by atoms with Gasteiger partial charge in [0.05, 0.1) is 6.61 Å². The zero-order valence-corrected chi connectivity index (χ0v) is 18.9. The normalized spacial score (nSPS) is 16.1. The highest BCUT2D eigenvalue weighted by Crippen LogP contribution is 2.47. The predicted molar refractivity (Wildman–Crippen MR) is 115 cm³/mol. The molecule has 0 saturated carbocycles. The number of phenols is 1. The number of hydrogen-bond acceptors (Lipinski definition) is 5. The lowest BCUT2D eigenvalue weighted by atomic mass is 9.88. The zero-order valence-electron chi connectivity index (χ0n) is 18.0. The summed E-state index contributed by atoms with van der Waals surface area (Å²) in [5, 5.41) is 10.7. The fourth-order valence-corrected chi connectivity index (χ4v) is 3.96. The van der Waals surface area contributed by atoms with Gasteiger partial charge in [0.2, 0.25) is 0 Å². The first-order valence-corrected chi connectivity index (χ1v) is 11.9. The quantitative estimate of drug-likeness (QED) is 0.325. The largest absolute Gasteiger partial charge is 0.507 e. The van der Waals surface area contributed by atoms with Crippen molar-refractivity contribution >= 4 is 19.5 Å². The second-order valence-electron chi connectivity index (χ2n) is 7.08. The molecule has 0 radical (unpaired) electrons. The fourth-order valence-electron chi connectivity index (χ4n) is 2.81. The molecule has 28 heavy (non-hydrogen) atoms. The van der Waals surface area contributed by atoms with Crippen LogP contribution in [-0.2, 0) is 18.4 Å². The maximum Gasteiger partial charge on any atom is 0.330 e. The molecule has 0 aliphatic heterocycles. The van der Waals surface area contributed by atoms with Crippen LogP contribution in [0.3, 0.4) is 0 Å². The molecule has 0 heterocycles. The highest BCUT2D eigenvalue weighted by Gasteiger charge is 2.22. The summed E-state index contributed by atoms with van der Waals surface area (Å²) in [6, 6.07) is 3.86. The average molecular weight is 410 g/mol. The summed E-state index contributed by atoms with van der Waals surface area (Å²) in [5.41, 5.74) is 2.66. The highest BCUT2D eigenvalue weighted by atomic mass is 31.2. The van der Waals surface area contributed by atoms with E-state index in [0.29, 0.717) is 5.75 Å². The van der Waals surface area contributed by atoms with Crippen molar-refractivity contribution < 1.29 is 23.5 Å². The first-order chi connectivity index (χ1) is 13.2. The van der Waals surface area contributed by atoms with Crippen molar-refractivity contribution in [2.75, 3.05) is 19.4 Å². The maximum absolute atomic E-state index is 12.3. The van der Waals surface area contributed by atoms with Crippen LogP contribution in [0, 0.1) is 0 Å². The Hall–Kier alpha value is -1.42. The standard InChI is InChI=1S/C22H35O5P/c1-7-16(5)20-13-18(14-21(22(20)24)17(6)8-2)11-12-19(23)15-27-28(25,10-4)26-9-3/h11-14,16-17,24H,7-10,15H2,1-6H3. The molecule has 0 aromatic heterocycles. The first kappa shape index (κ1) is 24.6. The average Bonchev–Trinajstić information content (AvgIpc) is 2.70. The molecule has 0 aliphatic rings. The topological polar surface area (TPSA) is 72.8 Å². The van der Waals surface area contributed by atoms with Gasteiger partial charge in [-0.15, -0.1) is 0 Å². The van der Waals surface area contributed by atoms with Gasteiger partial charge in [-0.3, -0.25) is 9.36 Å². The van der Waals surface area contributed by atoms with Crippen LogP contribution in [0.4, 0.5) is 0 Å². The van der Waals surface area contributed by atoms with Crippen LogP contribution >= 0.6 is 7.60 Å². The van der Waals surface area contributed by atoms with Gasteiger partial charge in [0.15, 0.2) is 5.78 Å². The lowest BCUT2D eigenvalue weighted by Gasteiger charge is -2.19. The minimum absolute atomic E-state index is 0.219. The monoisotopic (exact) mass is 410 g/mol. The third-order valence-corrected chi connectivity index (χ3v) is 7.00. The molecule has 0 bridgehead atoms. The van der Waals surface area contributed by atoms with Gasteiger partial charge in [-0.2, -0.15) is 0 Å². The van der Waals surface area contributed by atoms with Gasteiger partial charge >= 0.3 is 7.60 Å². The third-order valence-electron chi connectivity index (χ3n) is 5.06. The van der Waals surface area contributed by atoms with Crippen molar-refractivity contribution in [1.82, 2.24) is 0 Å². The van der Waals surface area contributed by atoms with Crippen molar-refractivity contribution in [3.63, 3.8) is 0 Å². The molecule has 3 atom stereocenters. The Labute approximate surface area is 169 Å². The Bertz CT molecular complexity index is 695. The summed E-state index contributed by atoms with van der Waals surface area (Å²) in [5.74, 6) is 0.515. The SMILES string of the molecule is CCOP(=O)(CC)OCC(=O)C=Cc1cc(C(C)CC)c(O)c(C(C)CC)c1. The van der Waals surface area contributed by atoms with Gasteiger partial charge in [0, 0.05) is 6.16 Å². The number of carbonyl (C=O) groups excluding carboxylic acids is 1. The predicted octanol–water partition coefficient (Wildman–Crippen LogP) is 6.27. The van der Waals surface area contributed by atoms with Crippen molar-refractivity contribution in [3.05, 3.63) is 34.9 Å². The zero-order chi connectivity index (χ0) is 21.3. The Kier molecular flexibility index (Phi) is 10.2. The van der Waals surface area contributed by atoms with Crippen molar-refractivity contribution in [1.29, 1.82) is 0 Å². The van der Waals surface area contributed by atoms with Crippen LogP contribution in [-0.4, -0.2) is 30.3 Å². The van der Waals surface area contributed by atoms with E-state index < -0.39 is 7.60 Å².